The topological polar surface area (TPSA) is 102 Å². The zero-order valence-corrected chi connectivity index (χ0v) is 21.1. The van der Waals surface area contributed by atoms with E-state index < -0.39 is 5.54 Å². The molecule has 35 heavy (non-hydrogen) atoms. The normalized spacial score (nSPS) is 20.6. The summed E-state index contributed by atoms with van der Waals surface area (Å²) in [4.78, 5) is 41.6. The zero-order valence-electron chi connectivity index (χ0n) is 21.1. The molecular formula is C26H36N4O5. The van der Waals surface area contributed by atoms with E-state index in [1.165, 1.54) is 13.3 Å². The lowest BCUT2D eigenvalue weighted by molar-refractivity contribution is -0.134. The maximum Gasteiger partial charge on any atom is 0.273 e. The van der Waals surface area contributed by atoms with Gasteiger partial charge < -0.3 is 29.6 Å². The Morgan fingerprint density at radius 1 is 1.17 bits per heavy atom. The summed E-state index contributed by atoms with van der Waals surface area (Å²) in [5, 5.41) is 6.80. The van der Waals surface area contributed by atoms with Crippen molar-refractivity contribution in [2.24, 2.45) is 0 Å². The standard InChI is InChI=1S/C26H36N4O5/c1-17(31)27-22-20-15-19(35-4)11-12-21(20)29-16-26(2,25(33)28-18-9-6-5-7-10-18)30(13-8-14-34-3)24(32)23(22)29/h11-12,15,18H,5-10,13-14,16H2,1-4H3,(H,27,31)(H,28,33)/t26-/m1/s1. The second-order valence-electron chi connectivity index (χ2n) is 9.76. The predicted molar refractivity (Wildman–Crippen MR) is 134 cm³/mol. The van der Waals surface area contributed by atoms with E-state index >= 15 is 0 Å². The molecule has 1 saturated carbocycles. The van der Waals surface area contributed by atoms with E-state index in [1.54, 1.807) is 19.1 Å². The first-order chi connectivity index (χ1) is 16.8. The van der Waals surface area contributed by atoms with Crippen LogP contribution in [0.1, 0.15) is 62.9 Å². The van der Waals surface area contributed by atoms with Gasteiger partial charge in [-0.2, -0.15) is 0 Å². The van der Waals surface area contributed by atoms with Gasteiger partial charge in [0.05, 0.1) is 24.9 Å². The average Bonchev–Trinajstić information content (AvgIpc) is 3.13. The maximum absolute atomic E-state index is 14.1. The first-order valence-electron chi connectivity index (χ1n) is 12.4. The van der Waals surface area contributed by atoms with Crippen molar-refractivity contribution in [3.05, 3.63) is 23.9 Å². The number of nitrogens with one attached hydrogen (secondary N) is 2. The number of fused-ring (bicyclic) bond motifs is 3. The maximum atomic E-state index is 14.1. The Balaban J connectivity index is 1.81. The van der Waals surface area contributed by atoms with Crippen molar-refractivity contribution < 1.29 is 23.9 Å². The molecule has 0 unspecified atom stereocenters. The van der Waals surface area contributed by atoms with Crippen LogP contribution in [0.15, 0.2) is 18.2 Å². The Bertz CT molecular complexity index is 1120. The number of aromatic nitrogens is 1. The zero-order chi connectivity index (χ0) is 25.2. The second kappa shape index (κ2) is 10.3. The number of hydrogen-bond donors (Lipinski definition) is 2. The average molecular weight is 485 g/mol. The van der Waals surface area contributed by atoms with Gasteiger partial charge in [-0.15, -0.1) is 0 Å². The molecule has 190 valence electrons. The van der Waals surface area contributed by atoms with Crippen molar-refractivity contribution >= 4 is 34.3 Å². The van der Waals surface area contributed by atoms with E-state index in [0.717, 1.165) is 31.2 Å². The molecular weight excluding hydrogens is 448 g/mol. The van der Waals surface area contributed by atoms with Gasteiger partial charge in [-0.3, -0.25) is 14.4 Å². The summed E-state index contributed by atoms with van der Waals surface area (Å²) < 4.78 is 12.5. The van der Waals surface area contributed by atoms with Crippen LogP contribution < -0.4 is 15.4 Å². The van der Waals surface area contributed by atoms with Crippen molar-refractivity contribution in [2.45, 2.75) is 70.5 Å². The number of benzene rings is 1. The first kappa shape index (κ1) is 25.0. The van der Waals surface area contributed by atoms with Gasteiger partial charge in [-0.25, -0.2) is 0 Å². The van der Waals surface area contributed by atoms with Crippen LogP contribution in [0.25, 0.3) is 10.9 Å². The van der Waals surface area contributed by atoms with Gasteiger partial charge in [0.2, 0.25) is 11.8 Å². The summed E-state index contributed by atoms with van der Waals surface area (Å²) in [6, 6.07) is 5.64. The number of hydrogen-bond acceptors (Lipinski definition) is 5. The van der Waals surface area contributed by atoms with Crippen LogP contribution in [-0.4, -0.2) is 66.1 Å². The van der Waals surface area contributed by atoms with E-state index in [9.17, 15) is 14.4 Å². The van der Waals surface area contributed by atoms with E-state index in [4.69, 9.17) is 9.47 Å². The number of carbonyl (C=O) groups excluding carboxylic acids is 3. The summed E-state index contributed by atoms with van der Waals surface area (Å²) in [6.07, 6.45) is 5.92. The van der Waals surface area contributed by atoms with Crippen LogP contribution in [0, 0.1) is 0 Å². The molecule has 0 radical (unpaired) electrons. The molecule has 9 heteroatoms. The molecule has 1 aliphatic carbocycles. The molecule has 0 saturated heterocycles. The number of amides is 3. The molecule has 2 aromatic rings. The Morgan fingerprint density at radius 2 is 1.91 bits per heavy atom. The largest absolute Gasteiger partial charge is 0.497 e. The van der Waals surface area contributed by atoms with Crippen molar-refractivity contribution in [3.63, 3.8) is 0 Å². The fraction of sp³-hybridized carbons (Fsp3) is 0.577. The van der Waals surface area contributed by atoms with Crippen LogP contribution in [0.4, 0.5) is 5.69 Å². The Morgan fingerprint density at radius 3 is 2.57 bits per heavy atom. The number of nitrogens with zero attached hydrogens (tertiary/aromatic N) is 2. The summed E-state index contributed by atoms with van der Waals surface area (Å²) in [5.41, 5.74) is 0.507. The molecule has 2 heterocycles. The van der Waals surface area contributed by atoms with Crippen molar-refractivity contribution in [2.75, 3.05) is 32.7 Å². The van der Waals surface area contributed by atoms with Gasteiger partial charge in [-0.1, -0.05) is 19.3 Å². The van der Waals surface area contributed by atoms with Crippen LogP contribution in [0.5, 0.6) is 5.75 Å². The Kier molecular flexibility index (Phi) is 7.35. The summed E-state index contributed by atoms with van der Waals surface area (Å²) in [7, 11) is 3.19. The van der Waals surface area contributed by atoms with E-state index in [-0.39, 0.29) is 30.3 Å². The highest BCUT2D eigenvalue weighted by atomic mass is 16.5. The molecule has 1 atom stereocenters. The van der Waals surface area contributed by atoms with Gasteiger partial charge in [0.25, 0.3) is 5.91 Å². The third-order valence-corrected chi connectivity index (χ3v) is 7.24. The van der Waals surface area contributed by atoms with Crippen molar-refractivity contribution in [1.29, 1.82) is 0 Å². The highest BCUT2D eigenvalue weighted by Crippen LogP contribution is 2.40. The smallest absolute Gasteiger partial charge is 0.273 e. The summed E-state index contributed by atoms with van der Waals surface area (Å²) in [5.74, 6) is -0.0794. The lowest BCUT2D eigenvalue weighted by Crippen LogP contribution is -2.65. The number of ether oxygens (including phenoxy) is 2. The molecule has 2 N–H and O–H groups in total. The first-order valence-corrected chi connectivity index (χ1v) is 12.4. The van der Waals surface area contributed by atoms with Gasteiger partial charge in [0, 0.05) is 38.6 Å². The quantitative estimate of drug-likeness (QED) is 0.560. The van der Waals surface area contributed by atoms with Crippen molar-refractivity contribution in [3.8, 4) is 5.75 Å². The van der Waals surface area contributed by atoms with Gasteiger partial charge in [0.1, 0.15) is 17.0 Å². The van der Waals surface area contributed by atoms with E-state index in [0.29, 0.717) is 42.1 Å². The minimum Gasteiger partial charge on any atom is -0.497 e. The number of methoxy groups -OCH3 is 2. The molecule has 1 fully saturated rings. The van der Waals surface area contributed by atoms with Gasteiger partial charge in [-0.05, 0) is 44.4 Å². The molecule has 3 amide bonds. The monoisotopic (exact) mass is 484 g/mol. The minimum atomic E-state index is -1.09. The molecule has 0 bridgehead atoms. The van der Waals surface area contributed by atoms with Crippen molar-refractivity contribution in [1.82, 2.24) is 14.8 Å². The molecule has 4 rings (SSSR count). The van der Waals surface area contributed by atoms with Gasteiger partial charge >= 0.3 is 0 Å². The molecule has 1 aliphatic heterocycles. The third-order valence-electron chi connectivity index (χ3n) is 7.24. The van der Waals surface area contributed by atoms with Crippen LogP contribution in [-0.2, 0) is 20.9 Å². The van der Waals surface area contributed by atoms with E-state index in [1.807, 2.05) is 29.7 Å². The molecule has 2 aliphatic rings. The minimum absolute atomic E-state index is 0.131. The highest BCUT2D eigenvalue weighted by Gasteiger charge is 2.49. The molecule has 9 nitrogen and oxygen atoms in total. The lowest BCUT2D eigenvalue weighted by atomic mass is 9.91. The molecule has 0 spiro atoms. The van der Waals surface area contributed by atoms with Gasteiger partial charge in [0.15, 0.2) is 0 Å². The fourth-order valence-electron chi connectivity index (χ4n) is 5.39. The fourth-order valence-corrected chi connectivity index (χ4v) is 5.39. The second-order valence-corrected chi connectivity index (χ2v) is 9.76. The van der Waals surface area contributed by atoms with E-state index in [2.05, 4.69) is 10.6 Å². The number of carbonyl (C=O) groups is 3. The summed E-state index contributed by atoms with van der Waals surface area (Å²) >= 11 is 0. The molecule has 1 aromatic carbocycles. The van der Waals surface area contributed by atoms with Crippen LogP contribution >= 0.6 is 0 Å². The van der Waals surface area contributed by atoms with Crippen LogP contribution in [0.3, 0.4) is 0 Å². The Labute approximate surface area is 206 Å². The lowest BCUT2D eigenvalue weighted by Gasteiger charge is -2.45. The molecule has 1 aromatic heterocycles. The number of anilines is 1. The Hall–Kier alpha value is -3.07. The number of rotatable bonds is 8. The summed E-state index contributed by atoms with van der Waals surface area (Å²) in [6.45, 7) is 4.38. The SMILES string of the molecule is COCCCN1C(=O)c2c(NC(C)=O)c3cc(OC)ccc3n2C[C@]1(C)C(=O)NC1CCCCC1. The van der Waals surface area contributed by atoms with Crippen LogP contribution in [0.2, 0.25) is 0 Å². The highest BCUT2D eigenvalue weighted by molar-refractivity contribution is 6.14. The predicted octanol–water partition coefficient (Wildman–Crippen LogP) is 3.31. The third kappa shape index (κ3) is 4.74.